The topological polar surface area (TPSA) is 18.5 Å². The molecule has 27 heavy (non-hydrogen) atoms. The predicted molar refractivity (Wildman–Crippen MR) is 115 cm³/mol. The molecule has 0 bridgehead atoms. The fourth-order valence-electron chi connectivity index (χ4n) is 3.97. The lowest BCUT2D eigenvalue weighted by atomic mass is 9.78. The Hall–Kier alpha value is -2.36. The van der Waals surface area contributed by atoms with E-state index in [9.17, 15) is 0 Å². The Morgan fingerprint density at radius 2 is 1.15 bits per heavy atom. The van der Waals surface area contributed by atoms with E-state index in [0.717, 1.165) is 5.46 Å². The second-order valence-corrected chi connectivity index (χ2v) is 8.52. The van der Waals surface area contributed by atoms with Crippen molar-refractivity contribution in [1.29, 1.82) is 0 Å². The van der Waals surface area contributed by atoms with Gasteiger partial charge in [-0.1, -0.05) is 66.7 Å². The molecule has 0 spiro atoms. The summed E-state index contributed by atoms with van der Waals surface area (Å²) >= 11 is 0. The molecule has 3 heteroatoms. The minimum atomic E-state index is -0.327. The van der Waals surface area contributed by atoms with Crippen LogP contribution < -0.4 is 5.46 Å². The number of benzene rings is 4. The molecule has 0 unspecified atom stereocenters. The summed E-state index contributed by atoms with van der Waals surface area (Å²) in [5.74, 6) is 0. The van der Waals surface area contributed by atoms with Crippen LogP contribution in [0.4, 0.5) is 0 Å². The lowest BCUT2D eigenvalue weighted by Crippen LogP contribution is -2.41. The van der Waals surface area contributed by atoms with Gasteiger partial charge in [0, 0.05) is 0 Å². The molecule has 1 fully saturated rings. The molecule has 1 saturated heterocycles. The van der Waals surface area contributed by atoms with Crippen molar-refractivity contribution in [2.24, 2.45) is 0 Å². The van der Waals surface area contributed by atoms with Crippen LogP contribution in [0.15, 0.2) is 66.7 Å². The predicted octanol–water partition coefficient (Wildman–Crippen LogP) is 5.45. The van der Waals surface area contributed by atoms with Gasteiger partial charge in [0.1, 0.15) is 0 Å². The Labute approximate surface area is 160 Å². The molecule has 0 N–H and O–H groups in total. The molecule has 134 valence electrons. The zero-order valence-corrected chi connectivity index (χ0v) is 16.2. The Balaban J connectivity index is 1.65. The fourth-order valence-corrected chi connectivity index (χ4v) is 3.97. The maximum Gasteiger partial charge on any atom is 0.494 e. The summed E-state index contributed by atoms with van der Waals surface area (Å²) < 4.78 is 12.4. The molecule has 2 nitrogen and oxygen atoms in total. The molecule has 1 heterocycles. The van der Waals surface area contributed by atoms with Gasteiger partial charge in [-0.3, -0.25) is 0 Å². The molecule has 0 aliphatic carbocycles. The number of hydrogen-bond acceptors (Lipinski definition) is 2. The van der Waals surface area contributed by atoms with Crippen LogP contribution in [0.25, 0.3) is 32.3 Å². The minimum absolute atomic E-state index is 0.324. The molecule has 0 aromatic heterocycles. The van der Waals surface area contributed by atoms with E-state index in [1.165, 1.54) is 32.3 Å². The third kappa shape index (κ3) is 2.49. The van der Waals surface area contributed by atoms with Crippen molar-refractivity contribution in [3.8, 4) is 0 Å². The lowest BCUT2D eigenvalue weighted by Gasteiger charge is -2.32. The molecule has 0 amide bonds. The van der Waals surface area contributed by atoms with Crippen molar-refractivity contribution in [2.75, 3.05) is 0 Å². The monoisotopic (exact) mass is 354 g/mol. The second-order valence-electron chi connectivity index (χ2n) is 8.52. The van der Waals surface area contributed by atoms with E-state index in [2.05, 4.69) is 94.4 Å². The van der Waals surface area contributed by atoms with Gasteiger partial charge in [0.05, 0.1) is 11.2 Å². The average Bonchev–Trinajstić information content (AvgIpc) is 2.88. The Bertz CT molecular complexity index is 1180. The van der Waals surface area contributed by atoms with Gasteiger partial charge < -0.3 is 9.31 Å². The molecule has 0 atom stereocenters. The first-order valence-electron chi connectivity index (χ1n) is 9.56. The molecule has 5 rings (SSSR count). The van der Waals surface area contributed by atoms with Gasteiger partial charge in [0.25, 0.3) is 0 Å². The van der Waals surface area contributed by atoms with Crippen LogP contribution in [0.5, 0.6) is 0 Å². The fraction of sp³-hybridized carbons (Fsp3) is 0.250. The first-order valence-corrected chi connectivity index (χ1v) is 9.56. The van der Waals surface area contributed by atoms with Gasteiger partial charge in [0.2, 0.25) is 0 Å². The quantitative estimate of drug-likeness (QED) is 0.334. The highest BCUT2D eigenvalue weighted by Gasteiger charge is 2.51. The highest BCUT2D eigenvalue weighted by Crippen LogP contribution is 2.37. The molecule has 0 saturated carbocycles. The number of hydrogen-bond donors (Lipinski definition) is 0. The van der Waals surface area contributed by atoms with Crippen LogP contribution >= 0.6 is 0 Å². The summed E-state index contributed by atoms with van der Waals surface area (Å²) in [5.41, 5.74) is 0.422. The van der Waals surface area contributed by atoms with Crippen LogP contribution in [0.3, 0.4) is 0 Å². The molecular weight excluding hydrogens is 331 g/mol. The summed E-state index contributed by atoms with van der Waals surface area (Å²) in [5, 5.41) is 7.63. The van der Waals surface area contributed by atoms with Gasteiger partial charge in [-0.2, -0.15) is 0 Å². The lowest BCUT2D eigenvalue weighted by molar-refractivity contribution is 0.00578. The largest absolute Gasteiger partial charge is 0.494 e. The van der Waals surface area contributed by atoms with E-state index < -0.39 is 0 Å². The van der Waals surface area contributed by atoms with Crippen LogP contribution in [0, 0.1) is 0 Å². The molecule has 4 aromatic carbocycles. The maximum absolute atomic E-state index is 6.22. The highest BCUT2D eigenvalue weighted by atomic mass is 16.7. The van der Waals surface area contributed by atoms with Crippen molar-refractivity contribution in [3.05, 3.63) is 66.7 Å². The standard InChI is InChI=1S/C24H23BO2/c1-23(2)24(3,4)27-25(26-23)18-11-14-20-17(15-18)10-13-21-19-8-6-5-7-16(19)9-12-22(20)21/h5-15H,1-4H3. The van der Waals surface area contributed by atoms with Gasteiger partial charge in [-0.25, -0.2) is 0 Å². The summed E-state index contributed by atoms with van der Waals surface area (Å²) in [4.78, 5) is 0. The van der Waals surface area contributed by atoms with Gasteiger partial charge in [0.15, 0.2) is 0 Å². The van der Waals surface area contributed by atoms with E-state index in [0.29, 0.717) is 0 Å². The van der Waals surface area contributed by atoms with Crippen LogP contribution in [-0.2, 0) is 9.31 Å². The number of fused-ring (bicyclic) bond motifs is 5. The van der Waals surface area contributed by atoms with Crippen molar-refractivity contribution in [3.63, 3.8) is 0 Å². The molecular formula is C24H23BO2. The summed E-state index contributed by atoms with van der Waals surface area (Å²) in [7, 11) is -0.327. The number of rotatable bonds is 1. The van der Waals surface area contributed by atoms with E-state index >= 15 is 0 Å². The van der Waals surface area contributed by atoms with E-state index in [1.54, 1.807) is 0 Å². The van der Waals surface area contributed by atoms with Crippen molar-refractivity contribution in [2.45, 2.75) is 38.9 Å². The van der Waals surface area contributed by atoms with Gasteiger partial charge >= 0.3 is 7.12 Å². The first kappa shape index (κ1) is 16.8. The van der Waals surface area contributed by atoms with Gasteiger partial charge in [-0.05, 0) is 65.5 Å². The first-order chi connectivity index (χ1) is 12.9. The molecule has 1 aliphatic heterocycles. The van der Waals surface area contributed by atoms with Gasteiger partial charge in [-0.15, -0.1) is 0 Å². The summed E-state index contributed by atoms with van der Waals surface area (Å²) in [6, 6.07) is 24.0. The van der Waals surface area contributed by atoms with Crippen molar-refractivity contribution < 1.29 is 9.31 Å². The zero-order valence-electron chi connectivity index (χ0n) is 16.2. The molecule has 4 aromatic rings. The Morgan fingerprint density at radius 1 is 0.593 bits per heavy atom. The van der Waals surface area contributed by atoms with Crippen LogP contribution in [0.2, 0.25) is 0 Å². The second kappa shape index (κ2) is 5.57. The maximum atomic E-state index is 6.22. The smallest absolute Gasteiger partial charge is 0.399 e. The van der Waals surface area contributed by atoms with E-state index in [1.807, 2.05) is 0 Å². The third-order valence-electron chi connectivity index (χ3n) is 6.29. The Kier molecular flexibility index (Phi) is 3.47. The highest BCUT2D eigenvalue weighted by molar-refractivity contribution is 6.62. The summed E-state index contributed by atoms with van der Waals surface area (Å²) in [6.45, 7) is 8.36. The average molecular weight is 354 g/mol. The normalized spacial score (nSPS) is 18.6. The summed E-state index contributed by atoms with van der Waals surface area (Å²) in [6.07, 6.45) is 0. The van der Waals surface area contributed by atoms with Crippen molar-refractivity contribution in [1.82, 2.24) is 0 Å². The van der Waals surface area contributed by atoms with Crippen LogP contribution in [0.1, 0.15) is 27.7 Å². The molecule has 0 radical (unpaired) electrons. The molecule has 1 aliphatic rings. The third-order valence-corrected chi connectivity index (χ3v) is 6.29. The van der Waals surface area contributed by atoms with E-state index in [-0.39, 0.29) is 18.3 Å². The SMILES string of the molecule is CC1(C)OB(c2ccc3c(ccc4c5ccccc5ccc34)c2)OC1(C)C. The van der Waals surface area contributed by atoms with E-state index in [4.69, 9.17) is 9.31 Å². The van der Waals surface area contributed by atoms with Crippen molar-refractivity contribution >= 4 is 44.9 Å². The minimum Gasteiger partial charge on any atom is -0.399 e. The Morgan fingerprint density at radius 3 is 1.85 bits per heavy atom. The van der Waals surface area contributed by atoms with Crippen LogP contribution in [-0.4, -0.2) is 18.3 Å². The zero-order chi connectivity index (χ0) is 18.8.